The lowest BCUT2D eigenvalue weighted by atomic mass is 10.0. The normalized spacial score (nSPS) is 10.6. The van der Waals surface area contributed by atoms with Gasteiger partial charge in [-0.1, -0.05) is 26.0 Å². The molecule has 1 amide bonds. The first kappa shape index (κ1) is 19.4. The molecule has 0 saturated heterocycles. The first-order valence-electron chi connectivity index (χ1n) is 9.29. The quantitative estimate of drug-likeness (QED) is 0.607. The van der Waals surface area contributed by atoms with E-state index in [4.69, 9.17) is 4.74 Å². The van der Waals surface area contributed by atoms with Gasteiger partial charge in [-0.05, 0) is 60.9 Å². The standard InChI is InChI=1S/C22H24N4O2/c1-4-28-19-11-9-18(10-12-19)25-22-23-14-13-20(26-22)21(27)24-17-7-5-16(6-8-17)15(2)3/h5-15H,4H2,1-3H3,(H,24,27)(H,23,25,26). The molecule has 28 heavy (non-hydrogen) atoms. The molecule has 3 aromatic rings. The second-order valence-corrected chi connectivity index (χ2v) is 6.58. The number of carbonyl (C=O) groups excluding carboxylic acids is 1. The van der Waals surface area contributed by atoms with E-state index in [-0.39, 0.29) is 11.6 Å². The Morgan fingerprint density at radius 2 is 1.68 bits per heavy atom. The SMILES string of the molecule is CCOc1ccc(Nc2nccc(C(=O)Nc3ccc(C(C)C)cc3)n2)cc1. The fraction of sp³-hybridized carbons (Fsp3) is 0.227. The van der Waals surface area contributed by atoms with E-state index in [2.05, 4.69) is 34.4 Å². The third-order valence-corrected chi connectivity index (χ3v) is 4.14. The minimum absolute atomic E-state index is 0.283. The zero-order chi connectivity index (χ0) is 19.9. The van der Waals surface area contributed by atoms with Crippen molar-refractivity contribution in [3.8, 4) is 5.75 Å². The van der Waals surface area contributed by atoms with Crippen LogP contribution in [0.3, 0.4) is 0 Å². The van der Waals surface area contributed by atoms with Gasteiger partial charge in [-0.3, -0.25) is 4.79 Å². The maximum absolute atomic E-state index is 12.5. The number of carbonyl (C=O) groups is 1. The molecular formula is C22H24N4O2. The summed E-state index contributed by atoms with van der Waals surface area (Å²) in [4.78, 5) is 21.0. The minimum atomic E-state index is -0.283. The van der Waals surface area contributed by atoms with E-state index in [1.807, 2.05) is 55.5 Å². The summed E-state index contributed by atoms with van der Waals surface area (Å²) in [5.41, 5.74) is 3.05. The van der Waals surface area contributed by atoms with Gasteiger partial charge in [0.1, 0.15) is 11.4 Å². The molecule has 1 heterocycles. The molecule has 3 rings (SSSR count). The molecule has 6 nitrogen and oxygen atoms in total. The van der Waals surface area contributed by atoms with E-state index in [9.17, 15) is 4.79 Å². The van der Waals surface area contributed by atoms with Crippen LogP contribution in [0, 0.1) is 0 Å². The number of nitrogens with one attached hydrogen (secondary N) is 2. The summed E-state index contributed by atoms with van der Waals surface area (Å²) in [6, 6.07) is 16.9. The van der Waals surface area contributed by atoms with E-state index in [1.165, 1.54) is 5.56 Å². The highest BCUT2D eigenvalue weighted by atomic mass is 16.5. The van der Waals surface area contributed by atoms with Crippen LogP contribution in [-0.2, 0) is 0 Å². The highest BCUT2D eigenvalue weighted by Gasteiger charge is 2.10. The molecule has 0 spiro atoms. The first-order chi connectivity index (χ1) is 13.5. The predicted molar refractivity (Wildman–Crippen MR) is 111 cm³/mol. The maximum Gasteiger partial charge on any atom is 0.274 e. The van der Waals surface area contributed by atoms with Crippen molar-refractivity contribution in [2.45, 2.75) is 26.7 Å². The molecule has 0 fully saturated rings. The molecule has 2 N–H and O–H groups in total. The lowest BCUT2D eigenvalue weighted by molar-refractivity contribution is 0.102. The van der Waals surface area contributed by atoms with Crippen LogP contribution in [0.4, 0.5) is 17.3 Å². The van der Waals surface area contributed by atoms with E-state index >= 15 is 0 Å². The summed E-state index contributed by atoms with van der Waals surface area (Å²) in [6.45, 7) is 6.82. The van der Waals surface area contributed by atoms with E-state index in [1.54, 1.807) is 12.3 Å². The van der Waals surface area contributed by atoms with Crippen LogP contribution in [0.15, 0.2) is 60.8 Å². The topological polar surface area (TPSA) is 76.1 Å². The minimum Gasteiger partial charge on any atom is -0.494 e. The Morgan fingerprint density at radius 1 is 1.00 bits per heavy atom. The Morgan fingerprint density at radius 3 is 2.32 bits per heavy atom. The van der Waals surface area contributed by atoms with Gasteiger partial charge in [0.2, 0.25) is 5.95 Å². The third kappa shape index (κ3) is 5.07. The third-order valence-electron chi connectivity index (χ3n) is 4.14. The van der Waals surface area contributed by atoms with Gasteiger partial charge in [-0.15, -0.1) is 0 Å². The van der Waals surface area contributed by atoms with Gasteiger partial charge in [0.15, 0.2) is 0 Å². The van der Waals surface area contributed by atoms with Crippen LogP contribution in [0.1, 0.15) is 42.7 Å². The van der Waals surface area contributed by atoms with Crippen LogP contribution in [0.2, 0.25) is 0 Å². The predicted octanol–water partition coefficient (Wildman–Crippen LogP) is 4.99. The van der Waals surface area contributed by atoms with Crippen LogP contribution in [0.5, 0.6) is 5.75 Å². The number of nitrogens with zero attached hydrogens (tertiary/aromatic N) is 2. The zero-order valence-electron chi connectivity index (χ0n) is 16.3. The Labute approximate surface area is 165 Å². The van der Waals surface area contributed by atoms with Gasteiger partial charge in [0, 0.05) is 17.6 Å². The van der Waals surface area contributed by atoms with Crippen LogP contribution < -0.4 is 15.4 Å². The monoisotopic (exact) mass is 376 g/mol. The number of amides is 1. The van der Waals surface area contributed by atoms with Gasteiger partial charge in [0.05, 0.1) is 6.61 Å². The van der Waals surface area contributed by atoms with Gasteiger partial charge in [-0.2, -0.15) is 0 Å². The van der Waals surface area contributed by atoms with Gasteiger partial charge in [-0.25, -0.2) is 9.97 Å². The van der Waals surface area contributed by atoms with Crippen LogP contribution >= 0.6 is 0 Å². The second-order valence-electron chi connectivity index (χ2n) is 6.58. The average molecular weight is 376 g/mol. The van der Waals surface area contributed by atoms with Gasteiger partial charge < -0.3 is 15.4 Å². The van der Waals surface area contributed by atoms with Crippen molar-refractivity contribution in [3.05, 3.63) is 72.1 Å². The molecule has 0 aliphatic rings. The summed E-state index contributed by atoms with van der Waals surface area (Å²) < 4.78 is 5.43. The molecule has 6 heteroatoms. The largest absolute Gasteiger partial charge is 0.494 e. The van der Waals surface area contributed by atoms with Gasteiger partial charge in [0.25, 0.3) is 5.91 Å². The Balaban J connectivity index is 1.67. The Kier molecular flexibility index (Phi) is 6.22. The van der Waals surface area contributed by atoms with E-state index < -0.39 is 0 Å². The van der Waals surface area contributed by atoms with Crippen molar-refractivity contribution < 1.29 is 9.53 Å². The number of anilines is 3. The fourth-order valence-electron chi connectivity index (χ4n) is 2.62. The van der Waals surface area contributed by atoms with E-state index in [0.717, 1.165) is 17.1 Å². The molecule has 2 aromatic carbocycles. The lowest BCUT2D eigenvalue weighted by Gasteiger charge is -2.09. The molecule has 0 aliphatic heterocycles. The van der Waals surface area contributed by atoms with Crippen molar-refractivity contribution in [2.75, 3.05) is 17.2 Å². The molecular weight excluding hydrogens is 352 g/mol. The highest BCUT2D eigenvalue weighted by molar-refractivity contribution is 6.03. The molecule has 0 unspecified atom stereocenters. The Bertz CT molecular complexity index is 922. The maximum atomic E-state index is 12.5. The molecule has 0 saturated carbocycles. The Hall–Kier alpha value is -3.41. The number of ether oxygens (including phenoxy) is 1. The smallest absolute Gasteiger partial charge is 0.274 e. The highest BCUT2D eigenvalue weighted by Crippen LogP contribution is 2.19. The number of rotatable bonds is 7. The summed E-state index contributed by atoms with van der Waals surface area (Å²) in [7, 11) is 0. The number of hydrogen-bond acceptors (Lipinski definition) is 5. The molecule has 0 radical (unpaired) electrons. The molecule has 1 aromatic heterocycles. The first-order valence-corrected chi connectivity index (χ1v) is 9.29. The molecule has 0 bridgehead atoms. The van der Waals surface area contributed by atoms with E-state index in [0.29, 0.717) is 18.5 Å². The van der Waals surface area contributed by atoms with Crippen molar-refractivity contribution in [1.29, 1.82) is 0 Å². The summed E-state index contributed by atoms with van der Waals surface area (Å²) in [5.74, 6) is 1.31. The zero-order valence-corrected chi connectivity index (χ0v) is 16.3. The number of benzene rings is 2. The van der Waals surface area contributed by atoms with Crippen molar-refractivity contribution in [2.24, 2.45) is 0 Å². The lowest BCUT2D eigenvalue weighted by Crippen LogP contribution is -2.14. The fourth-order valence-corrected chi connectivity index (χ4v) is 2.62. The summed E-state index contributed by atoms with van der Waals surface area (Å²) in [6.07, 6.45) is 1.56. The number of hydrogen-bond donors (Lipinski definition) is 2. The van der Waals surface area contributed by atoms with Crippen molar-refractivity contribution in [1.82, 2.24) is 9.97 Å². The average Bonchev–Trinajstić information content (AvgIpc) is 2.70. The van der Waals surface area contributed by atoms with Crippen LogP contribution in [0.25, 0.3) is 0 Å². The van der Waals surface area contributed by atoms with Gasteiger partial charge >= 0.3 is 0 Å². The second kappa shape index (κ2) is 8.99. The number of aromatic nitrogens is 2. The summed E-state index contributed by atoms with van der Waals surface area (Å²) >= 11 is 0. The van der Waals surface area contributed by atoms with Crippen LogP contribution in [-0.4, -0.2) is 22.5 Å². The molecule has 0 aliphatic carbocycles. The molecule has 0 atom stereocenters. The summed E-state index contributed by atoms with van der Waals surface area (Å²) in [5, 5.41) is 5.96. The molecule has 144 valence electrons. The van der Waals surface area contributed by atoms with Crippen molar-refractivity contribution >= 4 is 23.2 Å². The van der Waals surface area contributed by atoms with Crippen molar-refractivity contribution in [3.63, 3.8) is 0 Å².